The number of carboxylic acid groups (broad SMARTS) is 1. The standard InChI is InChI=1S/C22H22N6O3S/c1-13-7-8-19(14(2)9-13)28-22(25-26-27-28)32-12-20(29)24-18(21(30)31)10-15-11-23-17-6-4-3-5-16(15)17/h3-9,11,18,23H,10,12H2,1-2H3,(H,24,29)(H,30,31)/t18-/m1/s1. The highest BCUT2D eigenvalue weighted by Crippen LogP contribution is 2.22. The third-order valence-electron chi connectivity index (χ3n) is 5.09. The zero-order chi connectivity index (χ0) is 22.7. The highest BCUT2D eigenvalue weighted by Gasteiger charge is 2.22. The summed E-state index contributed by atoms with van der Waals surface area (Å²) in [6, 6.07) is 12.5. The minimum atomic E-state index is -1.09. The summed E-state index contributed by atoms with van der Waals surface area (Å²) < 4.78 is 1.58. The van der Waals surface area contributed by atoms with Gasteiger partial charge in [0.25, 0.3) is 0 Å². The lowest BCUT2D eigenvalue weighted by Gasteiger charge is -2.14. The van der Waals surface area contributed by atoms with Crippen LogP contribution in [0.1, 0.15) is 16.7 Å². The summed E-state index contributed by atoms with van der Waals surface area (Å²) in [5.41, 5.74) is 4.72. The summed E-state index contributed by atoms with van der Waals surface area (Å²) >= 11 is 1.15. The highest BCUT2D eigenvalue weighted by molar-refractivity contribution is 7.99. The van der Waals surface area contributed by atoms with Gasteiger partial charge in [-0.05, 0) is 47.5 Å². The number of rotatable bonds is 8. The molecule has 32 heavy (non-hydrogen) atoms. The molecular formula is C22H22N6O3S. The van der Waals surface area contributed by atoms with E-state index >= 15 is 0 Å². The first-order valence-electron chi connectivity index (χ1n) is 9.98. The number of nitrogens with one attached hydrogen (secondary N) is 2. The summed E-state index contributed by atoms with van der Waals surface area (Å²) in [6.45, 7) is 3.97. The molecule has 4 rings (SSSR count). The van der Waals surface area contributed by atoms with Crippen molar-refractivity contribution in [2.24, 2.45) is 0 Å². The number of benzene rings is 2. The van der Waals surface area contributed by atoms with Gasteiger partial charge in [0, 0.05) is 23.5 Å². The Hall–Kier alpha value is -3.66. The number of aromatic nitrogens is 5. The number of aromatic amines is 1. The predicted octanol–water partition coefficient (Wildman–Crippen LogP) is 2.66. The summed E-state index contributed by atoms with van der Waals surface area (Å²) in [5, 5.41) is 25.4. The quantitative estimate of drug-likeness (QED) is 0.352. The van der Waals surface area contributed by atoms with Gasteiger partial charge in [-0.3, -0.25) is 4.79 Å². The van der Waals surface area contributed by atoms with E-state index in [1.165, 1.54) is 0 Å². The number of nitrogens with zero attached hydrogens (tertiary/aromatic N) is 4. The number of carboxylic acids is 1. The molecule has 2 heterocycles. The van der Waals surface area contributed by atoms with Gasteiger partial charge in [0.15, 0.2) is 0 Å². The van der Waals surface area contributed by atoms with Gasteiger partial charge in [-0.15, -0.1) is 5.10 Å². The largest absolute Gasteiger partial charge is 0.480 e. The fourth-order valence-corrected chi connectivity index (χ4v) is 4.24. The van der Waals surface area contributed by atoms with E-state index in [2.05, 4.69) is 25.8 Å². The van der Waals surface area contributed by atoms with Crippen LogP contribution in [0.4, 0.5) is 0 Å². The Kier molecular flexibility index (Phi) is 6.22. The second-order valence-corrected chi connectivity index (χ2v) is 8.42. The van der Waals surface area contributed by atoms with Crippen LogP contribution in [0.25, 0.3) is 16.6 Å². The van der Waals surface area contributed by atoms with E-state index in [1.54, 1.807) is 10.9 Å². The second kappa shape index (κ2) is 9.23. The molecule has 3 N–H and O–H groups in total. The van der Waals surface area contributed by atoms with Crippen molar-refractivity contribution in [2.75, 3.05) is 5.75 Å². The fourth-order valence-electron chi connectivity index (χ4n) is 3.55. The van der Waals surface area contributed by atoms with E-state index in [9.17, 15) is 14.7 Å². The second-order valence-electron chi connectivity index (χ2n) is 7.47. The molecule has 1 atom stereocenters. The van der Waals surface area contributed by atoms with Crippen molar-refractivity contribution in [1.82, 2.24) is 30.5 Å². The number of aryl methyl sites for hydroxylation is 2. The van der Waals surface area contributed by atoms with Crippen LogP contribution in [-0.4, -0.2) is 54.0 Å². The average Bonchev–Trinajstić information content (AvgIpc) is 3.39. The molecule has 0 aliphatic carbocycles. The van der Waals surface area contributed by atoms with E-state index in [0.717, 1.165) is 45.0 Å². The molecule has 0 fully saturated rings. The first-order chi connectivity index (χ1) is 15.4. The Morgan fingerprint density at radius 2 is 2.03 bits per heavy atom. The van der Waals surface area contributed by atoms with Crippen molar-refractivity contribution >= 4 is 34.5 Å². The highest BCUT2D eigenvalue weighted by atomic mass is 32.2. The number of aliphatic carboxylic acids is 1. The number of hydrogen-bond donors (Lipinski definition) is 3. The van der Waals surface area contributed by atoms with Crippen LogP contribution in [-0.2, 0) is 16.0 Å². The van der Waals surface area contributed by atoms with E-state index < -0.39 is 17.9 Å². The molecule has 0 aliphatic heterocycles. The van der Waals surface area contributed by atoms with Gasteiger partial charge in [0.05, 0.1) is 11.4 Å². The third-order valence-corrected chi connectivity index (χ3v) is 6.01. The van der Waals surface area contributed by atoms with Crippen molar-refractivity contribution in [3.05, 3.63) is 65.4 Å². The number of tetrazole rings is 1. The van der Waals surface area contributed by atoms with Crippen LogP contribution in [0.5, 0.6) is 0 Å². The van der Waals surface area contributed by atoms with E-state index in [0.29, 0.717) is 5.16 Å². The van der Waals surface area contributed by atoms with Crippen molar-refractivity contribution in [1.29, 1.82) is 0 Å². The molecule has 1 amide bonds. The zero-order valence-electron chi connectivity index (χ0n) is 17.6. The fraction of sp³-hybridized carbons (Fsp3) is 0.227. The third kappa shape index (κ3) is 4.65. The molecule has 9 nitrogen and oxygen atoms in total. The number of para-hydroxylation sites is 1. The number of hydrogen-bond acceptors (Lipinski definition) is 6. The maximum atomic E-state index is 12.5. The topological polar surface area (TPSA) is 126 Å². The van der Waals surface area contributed by atoms with Gasteiger partial charge in [-0.2, -0.15) is 4.68 Å². The van der Waals surface area contributed by atoms with E-state index in [-0.39, 0.29) is 12.2 Å². The molecule has 0 saturated carbocycles. The van der Waals surface area contributed by atoms with Crippen molar-refractivity contribution in [2.45, 2.75) is 31.5 Å². The van der Waals surface area contributed by atoms with Crippen LogP contribution in [0.3, 0.4) is 0 Å². The van der Waals surface area contributed by atoms with Crippen LogP contribution >= 0.6 is 11.8 Å². The summed E-state index contributed by atoms with van der Waals surface area (Å²) in [5.74, 6) is -1.51. The Bertz CT molecular complexity index is 1280. The number of fused-ring (bicyclic) bond motifs is 1. The van der Waals surface area contributed by atoms with Crippen LogP contribution in [0.2, 0.25) is 0 Å². The Morgan fingerprint density at radius 1 is 1.22 bits per heavy atom. The molecule has 2 aromatic heterocycles. The molecule has 4 aromatic rings. The maximum absolute atomic E-state index is 12.5. The number of carbonyl (C=O) groups is 2. The molecule has 0 radical (unpaired) electrons. The van der Waals surface area contributed by atoms with Crippen molar-refractivity contribution in [3.8, 4) is 5.69 Å². The van der Waals surface area contributed by atoms with Crippen molar-refractivity contribution < 1.29 is 14.7 Å². The van der Waals surface area contributed by atoms with Crippen LogP contribution < -0.4 is 5.32 Å². The van der Waals surface area contributed by atoms with Gasteiger partial charge in [0.2, 0.25) is 11.1 Å². The number of amides is 1. The molecular weight excluding hydrogens is 428 g/mol. The number of thioether (sulfide) groups is 1. The molecule has 0 aliphatic rings. The molecule has 10 heteroatoms. The Morgan fingerprint density at radius 3 is 2.81 bits per heavy atom. The number of H-pyrrole nitrogens is 1. The van der Waals surface area contributed by atoms with Gasteiger partial charge < -0.3 is 15.4 Å². The Balaban J connectivity index is 1.42. The van der Waals surface area contributed by atoms with Gasteiger partial charge >= 0.3 is 5.97 Å². The summed E-state index contributed by atoms with van der Waals surface area (Å²) in [4.78, 5) is 27.4. The Labute approximate surface area is 188 Å². The first kappa shape index (κ1) is 21.6. The van der Waals surface area contributed by atoms with Crippen molar-refractivity contribution in [3.63, 3.8) is 0 Å². The summed E-state index contributed by atoms with van der Waals surface area (Å²) in [6.07, 6.45) is 1.95. The molecule has 2 aromatic carbocycles. The van der Waals surface area contributed by atoms with Crippen LogP contribution in [0.15, 0.2) is 53.8 Å². The molecule has 0 bridgehead atoms. The average molecular weight is 451 g/mol. The van der Waals surface area contributed by atoms with E-state index in [4.69, 9.17) is 0 Å². The van der Waals surface area contributed by atoms with E-state index in [1.807, 2.05) is 56.3 Å². The smallest absolute Gasteiger partial charge is 0.326 e. The lowest BCUT2D eigenvalue weighted by molar-refractivity contribution is -0.141. The molecule has 0 saturated heterocycles. The van der Waals surface area contributed by atoms with Crippen LogP contribution in [0, 0.1) is 13.8 Å². The SMILES string of the molecule is Cc1ccc(-n2nnnc2SCC(=O)N[C@H](Cc2c[nH]c3ccccc23)C(=O)O)c(C)c1. The molecule has 0 unspecified atom stereocenters. The predicted molar refractivity (Wildman–Crippen MR) is 121 cm³/mol. The lowest BCUT2D eigenvalue weighted by atomic mass is 10.1. The van der Waals surface area contributed by atoms with Gasteiger partial charge in [-0.25, -0.2) is 4.79 Å². The van der Waals surface area contributed by atoms with Gasteiger partial charge in [0.1, 0.15) is 6.04 Å². The number of carbonyl (C=O) groups excluding carboxylic acids is 1. The normalized spacial score (nSPS) is 12.1. The first-order valence-corrected chi connectivity index (χ1v) is 11.0. The minimum absolute atomic E-state index is 0.0110. The monoisotopic (exact) mass is 450 g/mol. The summed E-state index contributed by atoms with van der Waals surface area (Å²) in [7, 11) is 0. The minimum Gasteiger partial charge on any atom is -0.480 e. The zero-order valence-corrected chi connectivity index (χ0v) is 18.4. The molecule has 0 spiro atoms. The lowest BCUT2D eigenvalue weighted by Crippen LogP contribution is -2.43. The van der Waals surface area contributed by atoms with Gasteiger partial charge in [-0.1, -0.05) is 47.7 Å². The maximum Gasteiger partial charge on any atom is 0.326 e. The molecule has 164 valence electrons.